The van der Waals surface area contributed by atoms with Gasteiger partial charge in [-0.15, -0.1) is 0 Å². The Labute approximate surface area is 67.4 Å². The number of nitrogens with zero attached hydrogens (tertiary/aromatic N) is 1. The van der Waals surface area contributed by atoms with E-state index in [9.17, 15) is 0 Å². The van der Waals surface area contributed by atoms with Gasteiger partial charge >= 0.3 is 0 Å². The maximum atomic E-state index is 4.40. The molecule has 0 aliphatic heterocycles. The summed E-state index contributed by atoms with van der Waals surface area (Å²) in [5.74, 6) is 0. The van der Waals surface area contributed by atoms with Crippen molar-refractivity contribution in [3.8, 4) is 0 Å². The van der Waals surface area contributed by atoms with E-state index in [1.807, 2.05) is 7.05 Å². The van der Waals surface area contributed by atoms with Gasteiger partial charge in [0.05, 0.1) is 0 Å². The Hall–Kier alpha value is -0.820. The zero-order chi connectivity index (χ0) is 7.73. The fraction of sp³-hybridized carbons (Fsp3) is 0.400. The van der Waals surface area contributed by atoms with Crippen molar-refractivity contribution < 1.29 is 0 Å². The predicted molar refractivity (Wildman–Crippen MR) is 46.6 cm³/mol. The van der Waals surface area contributed by atoms with Crippen LogP contribution in [-0.4, -0.2) is 7.05 Å². The molecular formula is C10H12N-. The molecule has 0 heterocycles. The van der Waals surface area contributed by atoms with Gasteiger partial charge in [-0.3, -0.25) is 0 Å². The maximum absolute atomic E-state index is 4.40. The number of hydrogen-bond donors (Lipinski definition) is 0. The highest BCUT2D eigenvalue weighted by molar-refractivity contribution is 5.35. The molecule has 0 radical (unpaired) electrons. The summed E-state index contributed by atoms with van der Waals surface area (Å²) in [6.07, 6.45) is 2.46. The number of hydrogen-bond acceptors (Lipinski definition) is 0. The van der Waals surface area contributed by atoms with E-state index in [0.717, 1.165) is 0 Å². The van der Waals surface area contributed by atoms with E-state index in [0.29, 0.717) is 0 Å². The lowest BCUT2D eigenvalue weighted by molar-refractivity contribution is 0.840. The van der Waals surface area contributed by atoms with Crippen molar-refractivity contribution in [3.63, 3.8) is 0 Å². The average Bonchev–Trinajstić information content (AvgIpc) is 2.86. The van der Waals surface area contributed by atoms with Gasteiger partial charge in [0, 0.05) is 0 Å². The molecule has 2 rings (SSSR count). The van der Waals surface area contributed by atoms with Crippen LogP contribution in [0.1, 0.15) is 18.4 Å². The summed E-state index contributed by atoms with van der Waals surface area (Å²) in [4.78, 5) is 0. The van der Waals surface area contributed by atoms with E-state index in [4.69, 9.17) is 0 Å². The molecule has 58 valence electrons. The van der Waals surface area contributed by atoms with Crippen LogP contribution in [0.25, 0.3) is 5.32 Å². The van der Waals surface area contributed by atoms with Crippen molar-refractivity contribution in [2.24, 2.45) is 0 Å². The predicted octanol–water partition coefficient (Wildman–Crippen LogP) is 2.68. The molecule has 0 saturated heterocycles. The molecule has 1 saturated carbocycles. The van der Waals surface area contributed by atoms with Crippen LogP contribution in [0.15, 0.2) is 30.3 Å². The lowest BCUT2D eigenvalue weighted by atomic mass is 10.1. The second-order valence-electron chi connectivity index (χ2n) is 3.12. The van der Waals surface area contributed by atoms with E-state index >= 15 is 0 Å². The molecular weight excluding hydrogens is 134 g/mol. The lowest BCUT2D eigenvalue weighted by Gasteiger charge is -2.27. The molecule has 1 nitrogen and oxygen atoms in total. The Morgan fingerprint density at radius 2 is 1.82 bits per heavy atom. The Kier molecular flexibility index (Phi) is 1.46. The minimum Gasteiger partial charge on any atom is -0.656 e. The van der Waals surface area contributed by atoms with Crippen LogP contribution in [0.4, 0.5) is 0 Å². The molecule has 1 aliphatic rings. The van der Waals surface area contributed by atoms with Crippen LogP contribution in [0.3, 0.4) is 0 Å². The first-order valence-corrected chi connectivity index (χ1v) is 4.04. The molecule has 0 aromatic heterocycles. The van der Waals surface area contributed by atoms with Gasteiger partial charge < -0.3 is 5.32 Å². The molecule has 1 heteroatoms. The third-order valence-electron chi connectivity index (χ3n) is 2.46. The smallest absolute Gasteiger partial charge is 0.0603 e. The molecule has 11 heavy (non-hydrogen) atoms. The van der Waals surface area contributed by atoms with Crippen molar-refractivity contribution >= 4 is 0 Å². The third-order valence-corrected chi connectivity index (χ3v) is 2.46. The summed E-state index contributed by atoms with van der Waals surface area (Å²) in [7, 11) is 1.92. The van der Waals surface area contributed by atoms with Crippen LogP contribution < -0.4 is 0 Å². The second kappa shape index (κ2) is 2.35. The first-order valence-electron chi connectivity index (χ1n) is 4.04. The van der Waals surface area contributed by atoms with Crippen LogP contribution in [-0.2, 0) is 5.54 Å². The van der Waals surface area contributed by atoms with E-state index in [-0.39, 0.29) is 5.54 Å². The summed E-state index contributed by atoms with van der Waals surface area (Å²) in [5, 5.41) is 4.40. The highest BCUT2D eigenvalue weighted by Crippen LogP contribution is 2.51. The zero-order valence-electron chi connectivity index (χ0n) is 6.75. The number of rotatable bonds is 2. The zero-order valence-corrected chi connectivity index (χ0v) is 6.75. The highest BCUT2D eigenvalue weighted by atomic mass is 15.0. The Morgan fingerprint density at radius 1 is 1.18 bits per heavy atom. The molecule has 0 atom stereocenters. The summed E-state index contributed by atoms with van der Waals surface area (Å²) in [6, 6.07) is 10.6. The summed E-state index contributed by atoms with van der Waals surface area (Å²) in [6.45, 7) is 0. The Bertz CT molecular complexity index is 236. The standard InChI is InChI=1S/C10H12N/c1-11-10(7-8-10)9-5-3-2-4-6-9/h2-6H,7-8H2,1H3/q-1. The topological polar surface area (TPSA) is 14.1 Å². The largest absolute Gasteiger partial charge is 0.656 e. The molecule has 0 unspecified atom stereocenters. The molecule has 0 N–H and O–H groups in total. The quantitative estimate of drug-likeness (QED) is 0.609. The van der Waals surface area contributed by atoms with Crippen molar-refractivity contribution in [3.05, 3.63) is 41.2 Å². The van der Waals surface area contributed by atoms with Gasteiger partial charge in [0.25, 0.3) is 0 Å². The molecule has 0 bridgehead atoms. The van der Waals surface area contributed by atoms with Gasteiger partial charge in [0.1, 0.15) is 0 Å². The maximum Gasteiger partial charge on any atom is -0.0603 e. The van der Waals surface area contributed by atoms with E-state index in [1.165, 1.54) is 18.4 Å². The van der Waals surface area contributed by atoms with Gasteiger partial charge in [-0.05, 0) is 0 Å². The van der Waals surface area contributed by atoms with E-state index in [1.54, 1.807) is 0 Å². The van der Waals surface area contributed by atoms with Crippen LogP contribution >= 0.6 is 0 Å². The molecule has 0 spiro atoms. The summed E-state index contributed by atoms with van der Waals surface area (Å²) < 4.78 is 0. The van der Waals surface area contributed by atoms with Gasteiger partial charge in [0.2, 0.25) is 0 Å². The molecule has 1 aromatic rings. The fourth-order valence-corrected chi connectivity index (χ4v) is 1.51. The monoisotopic (exact) mass is 146 g/mol. The van der Waals surface area contributed by atoms with Crippen molar-refractivity contribution in [2.45, 2.75) is 18.4 Å². The first kappa shape index (κ1) is 6.86. The molecule has 0 amide bonds. The third kappa shape index (κ3) is 1.05. The summed E-state index contributed by atoms with van der Waals surface area (Å²) in [5.41, 5.74) is 1.59. The first-order chi connectivity index (χ1) is 5.37. The molecule has 1 fully saturated rings. The minimum absolute atomic E-state index is 0.210. The van der Waals surface area contributed by atoms with Crippen LogP contribution in [0.5, 0.6) is 0 Å². The second-order valence-corrected chi connectivity index (χ2v) is 3.12. The Morgan fingerprint density at radius 3 is 2.27 bits per heavy atom. The van der Waals surface area contributed by atoms with Crippen molar-refractivity contribution in [1.82, 2.24) is 0 Å². The molecule has 1 aliphatic carbocycles. The van der Waals surface area contributed by atoms with Gasteiger partial charge in [-0.2, -0.15) is 7.05 Å². The number of benzene rings is 1. The fourth-order valence-electron chi connectivity index (χ4n) is 1.51. The average molecular weight is 146 g/mol. The minimum atomic E-state index is 0.210. The van der Waals surface area contributed by atoms with Gasteiger partial charge in [-0.1, -0.05) is 54.3 Å². The highest BCUT2D eigenvalue weighted by Gasteiger charge is 2.32. The van der Waals surface area contributed by atoms with Crippen molar-refractivity contribution in [1.29, 1.82) is 0 Å². The van der Waals surface area contributed by atoms with Crippen molar-refractivity contribution in [2.75, 3.05) is 7.05 Å². The normalized spacial score (nSPS) is 19.7. The SMILES string of the molecule is C[N-]C1(c2ccccc2)CC1. The lowest BCUT2D eigenvalue weighted by Crippen LogP contribution is -2.02. The van der Waals surface area contributed by atoms with Gasteiger partial charge in [0.15, 0.2) is 0 Å². The molecule has 1 aromatic carbocycles. The van der Waals surface area contributed by atoms with Crippen LogP contribution in [0, 0.1) is 0 Å². The summed E-state index contributed by atoms with van der Waals surface area (Å²) >= 11 is 0. The van der Waals surface area contributed by atoms with E-state index < -0.39 is 0 Å². The Balaban J connectivity index is 2.30. The van der Waals surface area contributed by atoms with E-state index in [2.05, 4.69) is 35.6 Å². The van der Waals surface area contributed by atoms with Gasteiger partial charge in [-0.25, -0.2) is 0 Å². The van der Waals surface area contributed by atoms with Crippen LogP contribution in [0.2, 0.25) is 0 Å².